The summed E-state index contributed by atoms with van der Waals surface area (Å²) < 4.78 is 0. The van der Waals surface area contributed by atoms with Crippen LogP contribution in [0.1, 0.15) is 25.7 Å². The minimum absolute atomic E-state index is 0.0140. The number of carbonyl (C=O) groups excluding carboxylic acids is 1. The summed E-state index contributed by atoms with van der Waals surface area (Å²) in [5.41, 5.74) is 5.16. The summed E-state index contributed by atoms with van der Waals surface area (Å²) in [7, 11) is 0. The first-order valence-electron chi connectivity index (χ1n) is 6.05. The number of carboxylic acids is 3. The number of imide groups is 1. The van der Waals surface area contributed by atoms with E-state index in [2.05, 4.69) is 0 Å². The molecule has 0 saturated carbocycles. The third-order valence-corrected chi connectivity index (χ3v) is 2.69. The van der Waals surface area contributed by atoms with Crippen molar-refractivity contribution in [3.63, 3.8) is 0 Å². The highest BCUT2D eigenvalue weighted by Gasteiger charge is 2.35. The molecule has 0 aliphatic rings. The predicted octanol–water partition coefficient (Wildman–Crippen LogP) is -0.997. The lowest BCUT2D eigenvalue weighted by atomic mass is 10.1. The van der Waals surface area contributed by atoms with Crippen molar-refractivity contribution in [1.29, 1.82) is 0 Å². The highest BCUT2D eigenvalue weighted by molar-refractivity contribution is 5.96. The molecular weight excluding hydrogens is 304 g/mol. The maximum atomic E-state index is 11.8. The van der Waals surface area contributed by atoms with Crippen molar-refractivity contribution < 1.29 is 44.4 Å². The van der Waals surface area contributed by atoms with Gasteiger partial charge in [0, 0.05) is 12.8 Å². The molecule has 0 heterocycles. The minimum atomic E-state index is -1.87. The van der Waals surface area contributed by atoms with Crippen LogP contribution in [0.4, 0.5) is 4.79 Å². The van der Waals surface area contributed by atoms with Crippen molar-refractivity contribution in [2.45, 2.75) is 37.8 Å². The molecule has 0 radical (unpaired) electrons. The Labute approximate surface area is 123 Å². The third kappa shape index (κ3) is 6.17. The van der Waals surface area contributed by atoms with Gasteiger partial charge >= 0.3 is 24.0 Å². The summed E-state index contributed by atoms with van der Waals surface area (Å²) >= 11 is 0. The zero-order chi connectivity index (χ0) is 17.4. The van der Waals surface area contributed by atoms with Gasteiger partial charge in [-0.15, -0.1) is 0 Å². The fourth-order valence-electron chi connectivity index (χ4n) is 1.56. The molecule has 0 aliphatic heterocycles. The summed E-state index contributed by atoms with van der Waals surface area (Å²) in [5.74, 6) is -5.59. The second-order valence-electron chi connectivity index (χ2n) is 4.32. The van der Waals surface area contributed by atoms with Crippen LogP contribution in [-0.2, 0) is 19.2 Å². The largest absolute Gasteiger partial charge is 0.481 e. The molecule has 22 heavy (non-hydrogen) atoms. The monoisotopic (exact) mass is 320 g/mol. The van der Waals surface area contributed by atoms with E-state index in [4.69, 9.17) is 26.2 Å². The van der Waals surface area contributed by atoms with Crippen LogP contribution in [0, 0.1) is 0 Å². The molecule has 0 aliphatic carbocycles. The topological polar surface area (TPSA) is 196 Å². The van der Waals surface area contributed by atoms with Crippen molar-refractivity contribution in [2.24, 2.45) is 5.73 Å². The van der Waals surface area contributed by atoms with Crippen LogP contribution >= 0.6 is 0 Å². The van der Waals surface area contributed by atoms with Gasteiger partial charge in [-0.05, 0) is 12.8 Å². The Kier molecular flexibility index (Phi) is 7.52. The molecule has 0 rings (SSSR count). The van der Waals surface area contributed by atoms with E-state index in [-0.39, 0.29) is 11.3 Å². The van der Waals surface area contributed by atoms with Gasteiger partial charge in [0.15, 0.2) is 0 Å². The quantitative estimate of drug-likeness (QED) is 0.351. The predicted molar refractivity (Wildman–Crippen MR) is 68.0 cm³/mol. The number of hydrogen-bond acceptors (Lipinski definition) is 6. The van der Waals surface area contributed by atoms with Gasteiger partial charge in [0.1, 0.15) is 12.1 Å². The Morgan fingerprint density at radius 1 is 0.864 bits per heavy atom. The summed E-state index contributed by atoms with van der Waals surface area (Å²) in [4.78, 5) is 54.8. The fourth-order valence-corrected chi connectivity index (χ4v) is 1.56. The maximum absolute atomic E-state index is 11.8. The average Bonchev–Trinajstić information content (AvgIpc) is 2.38. The van der Waals surface area contributed by atoms with E-state index in [9.17, 15) is 24.0 Å². The summed E-state index contributed by atoms with van der Waals surface area (Å²) in [6.45, 7) is 0. The number of hydrogen-bond donors (Lipinski definition) is 5. The van der Waals surface area contributed by atoms with Gasteiger partial charge in [-0.25, -0.2) is 14.5 Å². The van der Waals surface area contributed by atoms with Crippen molar-refractivity contribution >= 4 is 29.9 Å². The lowest BCUT2D eigenvalue weighted by Gasteiger charge is -2.24. The zero-order valence-electron chi connectivity index (χ0n) is 11.3. The first kappa shape index (κ1) is 19.3. The number of aliphatic carboxylic acids is 3. The molecule has 11 nitrogen and oxygen atoms in total. The van der Waals surface area contributed by atoms with E-state index >= 15 is 0 Å². The van der Waals surface area contributed by atoms with E-state index in [1.54, 1.807) is 0 Å². The van der Waals surface area contributed by atoms with Crippen LogP contribution < -0.4 is 5.73 Å². The molecule has 0 spiro atoms. The van der Waals surface area contributed by atoms with E-state index in [1.807, 2.05) is 0 Å². The Hall–Kier alpha value is -2.69. The van der Waals surface area contributed by atoms with Gasteiger partial charge in [0.25, 0.3) is 0 Å². The Bertz CT molecular complexity index is 476. The molecule has 2 atom stereocenters. The molecule has 0 aromatic rings. The first-order chi connectivity index (χ1) is 10.1. The molecule has 11 heteroatoms. The Balaban J connectivity index is 5.02. The van der Waals surface area contributed by atoms with Crippen molar-refractivity contribution in [3.8, 4) is 0 Å². The maximum Gasteiger partial charge on any atom is 0.414 e. The SMILES string of the molecule is N[C@@H](CCC(=O)N(C(=O)O)[C@@H](CCC(=O)O)C(=O)O)C(=O)O. The number of nitrogens with two attached hydrogens (primary N) is 1. The number of carbonyl (C=O) groups is 5. The zero-order valence-corrected chi connectivity index (χ0v) is 11.3. The normalized spacial score (nSPS) is 13.0. The smallest absolute Gasteiger partial charge is 0.414 e. The van der Waals surface area contributed by atoms with E-state index in [0.29, 0.717) is 0 Å². The average molecular weight is 320 g/mol. The third-order valence-electron chi connectivity index (χ3n) is 2.69. The van der Waals surface area contributed by atoms with Crippen molar-refractivity contribution in [1.82, 2.24) is 4.90 Å². The Morgan fingerprint density at radius 3 is 1.77 bits per heavy atom. The van der Waals surface area contributed by atoms with Crippen molar-refractivity contribution in [3.05, 3.63) is 0 Å². The Morgan fingerprint density at radius 2 is 1.41 bits per heavy atom. The van der Waals surface area contributed by atoms with Gasteiger partial charge in [-0.3, -0.25) is 14.4 Å². The molecule has 2 amide bonds. The van der Waals surface area contributed by atoms with E-state index in [0.717, 1.165) is 0 Å². The summed E-state index contributed by atoms with van der Waals surface area (Å²) in [5, 5.41) is 35.0. The molecule has 0 aromatic heterocycles. The van der Waals surface area contributed by atoms with Crippen molar-refractivity contribution in [2.75, 3.05) is 0 Å². The van der Waals surface area contributed by atoms with Crippen LogP contribution in [0.15, 0.2) is 0 Å². The molecule has 6 N–H and O–H groups in total. The number of rotatable bonds is 9. The van der Waals surface area contributed by atoms with Crippen LogP contribution in [0.25, 0.3) is 0 Å². The second kappa shape index (κ2) is 8.56. The van der Waals surface area contributed by atoms with E-state index < -0.39 is 61.3 Å². The molecule has 0 bridgehead atoms. The van der Waals surface area contributed by atoms with Gasteiger partial charge in [-0.1, -0.05) is 0 Å². The standard InChI is InChI=1S/C11H16N2O9/c12-5(9(17)18)1-3-7(14)13(11(21)22)6(10(19)20)2-4-8(15)16/h5-6H,1-4,12H2,(H,15,16)(H,17,18)(H,19,20)(H,21,22)/t5-,6-/m0/s1. The number of amides is 2. The fraction of sp³-hybridized carbons (Fsp3) is 0.545. The van der Waals surface area contributed by atoms with Crippen LogP contribution in [0.5, 0.6) is 0 Å². The minimum Gasteiger partial charge on any atom is -0.481 e. The van der Waals surface area contributed by atoms with Crippen LogP contribution in [0.3, 0.4) is 0 Å². The lowest BCUT2D eigenvalue weighted by Crippen LogP contribution is -2.48. The molecule has 0 unspecified atom stereocenters. The van der Waals surface area contributed by atoms with Gasteiger partial charge in [0.2, 0.25) is 5.91 Å². The van der Waals surface area contributed by atoms with Gasteiger partial charge in [0.05, 0.1) is 0 Å². The van der Waals surface area contributed by atoms with E-state index in [1.165, 1.54) is 0 Å². The second-order valence-corrected chi connectivity index (χ2v) is 4.32. The number of carboxylic acid groups (broad SMARTS) is 4. The molecule has 0 saturated heterocycles. The molecular formula is C11H16N2O9. The highest BCUT2D eigenvalue weighted by atomic mass is 16.4. The lowest BCUT2D eigenvalue weighted by molar-refractivity contribution is -0.150. The first-order valence-corrected chi connectivity index (χ1v) is 6.05. The molecule has 0 aromatic carbocycles. The molecule has 0 fully saturated rings. The van der Waals surface area contributed by atoms with Crippen LogP contribution in [0.2, 0.25) is 0 Å². The molecule has 124 valence electrons. The highest BCUT2D eigenvalue weighted by Crippen LogP contribution is 2.12. The van der Waals surface area contributed by atoms with Gasteiger partial charge < -0.3 is 26.2 Å². The summed E-state index contributed by atoms with van der Waals surface area (Å²) in [6, 6.07) is -3.27. The van der Waals surface area contributed by atoms with Crippen LogP contribution in [-0.4, -0.2) is 67.3 Å². The summed E-state index contributed by atoms with van der Waals surface area (Å²) in [6.07, 6.45) is -4.11. The number of nitrogens with zero attached hydrogens (tertiary/aromatic N) is 1. The van der Waals surface area contributed by atoms with Gasteiger partial charge in [-0.2, -0.15) is 0 Å².